The molecule has 1 saturated heterocycles. The van der Waals surface area contributed by atoms with Gasteiger partial charge in [-0.25, -0.2) is 0 Å². The number of halogens is 3. The fourth-order valence-electron chi connectivity index (χ4n) is 1.98. The smallest absolute Gasteiger partial charge is 0.297 e. The van der Waals surface area contributed by atoms with E-state index in [0.29, 0.717) is 13.0 Å². The maximum absolute atomic E-state index is 13.2. The Morgan fingerprint density at radius 1 is 1.19 bits per heavy atom. The van der Waals surface area contributed by atoms with Crippen LogP contribution in [0.5, 0.6) is 0 Å². The third-order valence-corrected chi connectivity index (χ3v) is 2.87. The molecule has 0 spiro atoms. The van der Waals surface area contributed by atoms with Gasteiger partial charge in [0.25, 0.3) is 0 Å². The van der Waals surface area contributed by atoms with Crippen LogP contribution in [0.2, 0.25) is 0 Å². The van der Waals surface area contributed by atoms with Crippen molar-refractivity contribution in [2.75, 3.05) is 6.54 Å². The molecule has 5 nitrogen and oxygen atoms in total. The van der Waals surface area contributed by atoms with Gasteiger partial charge in [0, 0.05) is 0 Å². The number of alkyl halides is 3. The van der Waals surface area contributed by atoms with E-state index in [-0.39, 0.29) is 12.2 Å². The molecule has 0 aromatic carbocycles. The number of tetrazole rings is 1. The van der Waals surface area contributed by atoms with Gasteiger partial charge in [-0.05, 0) is 19.4 Å². The minimum Gasteiger partial charge on any atom is -0.297 e. The molecule has 0 saturated carbocycles. The summed E-state index contributed by atoms with van der Waals surface area (Å²) in [5.41, 5.74) is -2.14. The second-order valence-corrected chi connectivity index (χ2v) is 3.88. The van der Waals surface area contributed by atoms with Crippen LogP contribution in [0.4, 0.5) is 13.2 Å². The monoisotopic (exact) mass is 235 g/mol. The number of aromatic nitrogens is 4. The molecule has 1 unspecified atom stereocenters. The zero-order valence-electron chi connectivity index (χ0n) is 8.51. The number of rotatable bonds is 1. The van der Waals surface area contributed by atoms with E-state index < -0.39 is 11.7 Å². The van der Waals surface area contributed by atoms with E-state index in [2.05, 4.69) is 25.9 Å². The minimum absolute atomic E-state index is 0.0456. The maximum atomic E-state index is 13.2. The molecule has 0 bridgehead atoms. The largest absolute Gasteiger partial charge is 0.414 e. The fourth-order valence-corrected chi connectivity index (χ4v) is 1.98. The topological polar surface area (TPSA) is 66.5 Å². The lowest BCUT2D eigenvalue weighted by molar-refractivity contribution is -0.205. The van der Waals surface area contributed by atoms with Crippen molar-refractivity contribution >= 4 is 0 Å². The summed E-state index contributed by atoms with van der Waals surface area (Å²) < 4.78 is 39.5. The molecule has 1 aromatic rings. The summed E-state index contributed by atoms with van der Waals surface area (Å²) in [5.74, 6) is -0.318. The van der Waals surface area contributed by atoms with Gasteiger partial charge in [0.05, 0.1) is 0 Å². The number of aromatic amines is 1. The predicted molar refractivity (Wildman–Crippen MR) is 48.4 cm³/mol. The van der Waals surface area contributed by atoms with Gasteiger partial charge in [-0.2, -0.15) is 18.4 Å². The van der Waals surface area contributed by atoms with Crippen molar-refractivity contribution in [3.8, 4) is 0 Å². The van der Waals surface area contributed by atoms with Crippen LogP contribution in [-0.2, 0) is 5.54 Å². The molecule has 2 N–H and O–H groups in total. The number of hydrogen-bond acceptors (Lipinski definition) is 4. The molecule has 1 aliphatic rings. The first kappa shape index (κ1) is 11.3. The van der Waals surface area contributed by atoms with Gasteiger partial charge in [0.15, 0.2) is 5.54 Å². The van der Waals surface area contributed by atoms with Crippen LogP contribution in [-0.4, -0.2) is 33.3 Å². The van der Waals surface area contributed by atoms with Crippen molar-refractivity contribution in [2.24, 2.45) is 0 Å². The summed E-state index contributed by atoms with van der Waals surface area (Å²) in [5, 5.41) is 14.8. The Kier molecular flexibility index (Phi) is 2.83. The van der Waals surface area contributed by atoms with Gasteiger partial charge in [0.1, 0.15) is 0 Å². The molecule has 8 heteroatoms. The zero-order valence-corrected chi connectivity index (χ0v) is 8.51. The number of nitrogens with one attached hydrogen (secondary N) is 2. The molecule has 0 aliphatic carbocycles. The highest BCUT2D eigenvalue weighted by atomic mass is 19.4. The normalized spacial score (nSPS) is 27.7. The number of nitrogens with zero attached hydrogens (tertiary/aromatic N) is 3. The van der Waals surface area contributed by atoms with E-state index in [1.807, 2.05) is 0 Å². The second-order valence-electron chi connectivity index (χ2n) is 3.88. The summed E-state index contributed by atoms with van der Waals surface area (Å²) in [6.07, 6.45) is -2.45. The average molecular weight is 235 g/mol. The Morgan fingerprint density at radius 3 is 2.62 bits per heavy atom. The SMILES string of the molecule is FC(F)(F)C1(c2nn[nH]n2)CCCCCN1. The molecule has 0 radical (unpaired) electrons. The Bertz CT molecular complexity index is 326. The van der Waals surface area contributed by atoms with Crippen LogP contribution >= 0.6 is 0 Å². The van der Waals surface area contributed by atoms with Gasteiger partial charge in [-0.1, -0.05) is 18.1 Å². The van der Waals surface area contributed by atoms with Crippen LogP contribution in [0.25, 0.3) is 0 Å². The number of hydrogen-bond donors (Lipinski definition) is 2. The lowest BCUT2D eigenvalue weighted by atomic mass is 9.92. The Labute approximate surface area is 89.8 Å². The third kappa shape index (κ3) is 1.77. The quantitative estimate of drug-likeness (QED) is 0.765. The van der Waals surface area contributed by atoms with Gasteiger partial charge in [-0.15, -0.1) is 10.2 Å². The summed E-state index contributed by atoms with van der Waals surface area (Å²) in [4.78, 5) is 0. The van der Waals surface area contributed by atoms with Crippen molar-refractivity contribution in [1.82, 2.24) is 25.9 Å². The lowest BCUT2D eigenvalue weighted by Gasteiger charge is -2.32. The first-order valence-corrected chi connectivity index (χ1v) is 5.12. The van der Waals surface area contributed by atoms with Crippen molar-refractivity contribution in [3.63, 3.8) is 0 Å². The van der Waals surface area contributed by atoms with Crippen LogP contribution in [0.3, 0.4) is 0 Å². The van der Waals surface area contributed by atoms with Gasteiger partial charge < -0.3 is 0 Å². The summed E-state index contributed by atoms with van der Waals surface area (Å²) in [6, 6.07) is 0. The molecule has 16 heavy (non-hydrogen) atoms. The molecular formula is C8H12F3N5. The average Bonchev–Trinajstić information content (AvgIpc) is 2.61. The Hall–Kier alpha value is -1.18. The van der Waals surface area contributed by atoms with E-state index in [9.17, 15) is 13.2 Å². The van der Waals surface area contributed by atoms with Crippen molar-refractivity contribution in [1.29, 1.82) is 0 Å². The lowest BCUT2D eigenvalue weighted by Crippen LogP contribution is -2.54. The molecule has 2 rings (SSSR count). The standard InChI is InChI=1S/C8H12F3N5/c9-8(10,11)7(6-13-15-16-14-6)4-2-1-3-5-12-7/h12H,1-5H2,(H,13,14,15,16). The molecule has 1 atom stereocenters. The highest BCUT2D eigenvalue weighted by Gasteiger charge is 2.58. The summed E-state index contributed by atoms with van der Waals surface area (Å²) >= 11 is 0. The Morgan fingerprint density at radius 2 is 2.00 bits per heavy atom. The summed E-state index contributed by atoms with van der Waals surface area (Å²) in [7, 11) is 0. The molecule has 1 aliphatic heterocycles. The second kappa shape index (κ2) is 4.00. The maximum Gasteiger partial charge on any atom is 0.414 e. The molecule has 1 aromatic heterocycles. The first-order chi connectivity index (χ1) is 7.56. The van der Waals surface area contributed by atoms with Crippen LogP contribution in [0.1, 0.15) is 31.5 Å². The molecule has 1 fully saturated rings. The van der Waals surface area contributed by atoms with E-state index >= 15 is 0 Å². The molecular weight excluding hydrogens is 223 g/mol. The highest BCUT2D eigenvalue weighted by molar-refractivity contribution is 5.08. The van der Waals surface area contributed by atoms with Gasteiger partial charge in [-0.3, -0.25) is 5.32 Å². The van der Waals surface area contributed by atoms with Crippen LogP contribution < -0.4 is 5.32 Å². The van der Waals surface area contributed by atoms with Gasteiger partial charge >= 0.3 is 6.18 Å². The third-order valence-electron chi connectivity index (χ3n) is 2.87. The first-order valence-electron chi connectivity index (χ1n) is 5.12. The minimum atomic E-state index is -4.42. The van der Waals surface area contributed by atoms with Crippen molar-refractivity contribution in [2.45, 2.75) is 37.4 Å². The Balaban J connectivity index is 2.39. The van der Waals surface area contributed by atoms with Crippen LogP contribution in [0, 0.1) is 0 Å². The zero-order chi connectivity index (χ0) is 11.6. The van der Waals surface area contributed by atoms with E-state index in [1.165, 1.54) is 0 Å². The van der Waals surface area contributed by atoms with Crippen molar-refractivity contribution in [3.05, 3.63) is 5.82 Å². The summed E-state index contributed by atoms with van der Waals surface area (Å²) in [6.45, 7) is 0.314. The fraction of sp³-hybridized carbons (Fsp3) is 0.875. The van der Waals surface area contributed by atoms with Crippen molar-refractivity contribution < 1.29 is 13.2 Å². The molecule has 2 heterocycles. The highest BCUT2D eigenvalue weighted by Crippen LogP contribution is 2.42. The predicted octanol–water partition coefficient (Wildman–Crippen LogP) is 1.12. The van der Waals surface area contributed by atoms with Gasteiger partial charge in [0.2, 0.25) is 5.82 Å². The van der Waals surface area contributed by atoms with E-state index in [1.54, 1.807) is 0 Å². The molecule has 0 amide bonds. The number of H-pyrrole nitrogens is 1. The van der Waals surface area contributed by atoms with E-state index in [0.717, 1.165) is 12.8 Å². The van der Waals surface area contributed by atoms with E-state index in [4.69, 9.17) is 0 Å². The van der Waals surface area contributed by atoms with Crippen LogP contribution in [0.15, 0.2) is 0 Å². The molecule has 90 valence electrons.